The summed E-state index contributed by atoms with van der Waals surface area (Å²) in [6, 6.07) is 20.1. The van der Waals surface area contributed by atoms with Crippen LogP contribution < -0.4 is 4.74 Å². The van der Waals surface area contributed by atoms with E-state index < -0.39 is 8.07 Å². The van der Waals surface area contributed by atoms with Crippen LogP contribution in [-0.2, 0) is 16.1 Å². The highest BCUT2D eigenvalue weighted by atomic mass is 28.3. The van der Waals surface area contributed by atoms with E-state index >= 15 is 0 Å². The molecular formula is C33H42FNO4Si. The van der Waals surface area contributed by atoms with Gasteiger partial charge >= 0.3 is 6.09 Å². The number of fused-ring (bicyclic) bond motifs is 1. The average molecular weight is 564 g/mol. The number of benzene rings is 3. The van der Waals surface area contributed by atoms with Crippen molar-refractivity contribution in [3.63, 3.8) is 0 Å². The van der Waals surface area contributed by atoms with Gasteiger partial charge in [0.25, 0.3) is 0 Å². The van der Waals surface area contributed by atoms with E-state index in [9.17, 15) is 9.18 Å². The molecule has 1 heterocycles. The van der Waals surface area contributed by atoms with Gasteiger partial charge in [0.15, 0.2) is 0 Å². The first-order valence-corrected chi connectivity index (χ1v) is 18.4. The first-order chi connectivity index (χ1) is 19.2. The zero-order chi connectivity index (χ0) is 28.1. The average Bonchev–Trinajstić information content (AvgIpc) is 3.76. The summed E-state index contributed by atoms with van der Waals surface area (Å²) in [5.41, 5.74) is 2.06. The summed E-state index contributed by atoms with van der Waals surface area (Å²) < 4.78 is 32.2. The number of carbonyl (C=O) groups excluding carboxylic acids is 1. The van der Waals surface area contributed by atoms with Gasteiger partial charge in [-0.15, -0.1) is 0 Å². The molecule has 1 saturated heterocycles. The van der Waals surface area contributed by atoms with Crippen LogP contribution in [0, 0.1) is 11.7 Å². The Balaban J connectivity index is 1.30. The number of hydrogen-bond donors (Lipinski definition) is 0. The standard InChI is InChI=1S/C33H42FNO4Si/c1-40(2,3)19-18-38-33(36)35-16-14-30(26-10-12-28(34)13-11-26)32(22-35)39-23-25-20-27-6-4-5-7-29(27)31(21-25)37-17-15-24-8-9-24/h4-7,10-13,20-21,24,30,32H,8-9,14-19,22-23H2,1-3H3. The Labute approximate surface area is 238 Å². The van der Waals surface area contributed by atoms with Gasteiger partial charge in [0.1, 0.15) is 11.6 Å². The maximum atomic E-state index is 13.7. The molecule has 2 atom stereocenters. The van der Waals surface area contributed by atoms with Crippen molar-refractivity contribution in [1.82, 2.24) is 4.90 Å². The minimum absolute atomic E-state index is 0.0568. The van der Waals surface area contributed by atoms with Gasteiger partial charge < -0.3 is 19.1 Å². The Morgan fingerprint density at radius 2 is 1.77 bits per heavy atom. The van der Waals surface area contributed by atoms with Gasteiger partial charge in [0.2, 0.25) is 0 Å². The highest BCUT2D eigenvalue weighted by molar-refractivity contribution is 6.76. The van der Waals surface area contributed by atoms with Crippen LogP contribution >= 0.6 is 0 Å². The van der Waals surface area contributed by atoms with E-state index in [4.69, 9.17) is 14.2 Å². The van der Waals surface area contributed by atoms with Crippen LogP contribution in [0.15, 0.2) is 60.7 Å². The van der Waals surface area contributed by atoms with E-state index in [0.29, 0.717) is 26.3 Å². The van der Waals surface area contributed by atoms with E-state index in [1.807, 2.05) is 24.3 Å². The Morgan fingerprint density at radius 1 is 1.00 bits per heavy atom. The lowest BCUT2D eigenvalue weighted by Crippen LogP contribution is -2.47. The Morgan fingerprint density at radius 3 is 2.52 bits per heavy atom. The molecule has 0 radical (unpaired) electrons. The lowest BCUT2D eigenvalue weighted by Gasteiger charge is -2.38. The van der Waals surface area contributed by atoms with Crippen LogP contribution in [0.4, 0.5) is 9.18 Å². The molecule has 2 aliphatic rings. The SMILES string of the molecule is C[Si](C)(C)CCOC(=O)N1CCC(c2ccc(F)cc2)C(OCc2cc(OCCC3CC3)c3ccccc3c2)C1. The first kappa shape index (κ1) is 28.6. The summed E-state index contributed by atoms with van der Waals surface area (Å²) in [6.45, 7) is 9.42. The van der Waals surface area contributed by atoms with Gasteiger partial charge in [-0.1, -0.05) is 68.9 Å². The van der Waals surface area contributed by atoms with E-state index in [-0.39, 0.29) is 23.9 Å². The van der Waals surface area contributed by atoms with Crippen LogP contribution in [0.3, 0.4) is 0 Å². The quantitative estimate of drug-likeness (QED) is 0.222. The molecule has 0 spiro atoms. The molecule has 214 valence electrons. The summed E-state index contributed by atoms with van der Waals surface area (Å²) in [5.74, 6) is 1.51. The number of ether oxygens (including phenoxy) is 3. The minimum atomic E-state index is -1.29. The van der Waals surface area contributed by atoms with Crippen molar-refractivity contribution in [1.29, 1.82) is 0 Å². The van der Waals surface area contributed by atoms with Crippen LogP contribution in [-0.4, -0.2) is 51.5 Å². The molecular weight excluding hydrogens is 521 g/mol. The largest absolute Gasteiger partial charge is 0.493 e. The number of nitrogens with zero attached hydrogens (tertiary/aromatic N) is 1. The summed E-state index contributed by atoms with van der Waals surface area (Å²) in [6.07, 6.45) is 3.94. The predicted octanol–water partition coefficient (Wildman–Crippen LogP) is 8.01. The van der Waals surface area contributed by atoms with Gasteiger partial charge in [-0.3, -0.25) is 0 Å². The number of piperidine rings is 1. The van der Waals surface area contributed by atoms with Crippen molar-refractivity contribution in [2.24, 2.45) is 5.92 Å². The monoisotopic (exact) mass is 563 g/mol. The van der Waals surface area contributed by atoms with Gasteiger partial charge in [-0.2, -0.15) is 0 Å². The predicted molar refractivity (Wildman–Crippen MR) is 160 cm³/mol. The molecule has 5 nitrogen and oxygen atoms in total. The van der Waals surface area contributed by atoms with E-state index in [2.05, 4.69) is 43.9 Å². The molecule has 5 rings (SSSR count). The third-order valence-electron chi connectivity index (χ3n) is 8.02. The fourth-order valence-electron chi connectivity index (χ4n) is 5.36. The number of carbonyl (C=O) groups is 1. The second-order valence-corrected chi connectivity index (χ2v) is 18.2. The van der Waals surface area contributed by atoms with Crippen LogP contribution in [0.5, 0.6) is 5.75 Å². The maximum absolute atomic E-state index is 13.7. The van der Waals surface area contributed by atoms with Crippen LogP contribution in [0.1, 0.15) is 42.7 Å². The zero-order valence-electron chi connectivity index (χ0n) is 24.0. The number of hydrogen-bond acceptors (Lipinski definition) is 4. The molecule has 1 amide bonds. The van der Waals surface area contributed by atoms with Gasteiger partial charge in [0.05, 0.1) is 32.5 Å². The molecule has 3 aromatic rings. The summed E-state index contributed by atoms with van der Waals surface area (Å²) in [7, 11) is -1.29. The highest BCUT2D eigenvalue weighted by Gasteiger charge is 2.34. The van der Waals surface area contributed by atoms with Crippen molar-refractivity contribution >= 4 is 24.9 Å². The summed E-state index contributed by atoms with van der Waals surface area (Å²) in [4.78, 5) is 14.7. The van der Waals surface area contributed by atoms with Gasteiger partial charge in [-0.25, -0.2) is 9.18 Å². The molecule has 3 aromatic carbocycles. The van der Waals surface area contributed by atoms with E-state index in [1.165, 1.54) is 25.0 Å². The molecule has 2 unspecified atom stereocenters. The molecule has 7 heteroatoms. The number of amides is 1. The van der Waals surface area contributed by atoms with Gasteiger partial charge in [0, 0.05) is 25.9 Å². The molecule has 1 saturated carbocycles. The Hall–Kier alpha value is -2.90. The smallest absolute Gasteiger partial charge is 0.409 e. The fraction of sp³-hybridized carbons (Fsp3) is 0.485. The first-order valence-electron chi connectivity index (χ1n) is 14.7. The van der Waals surface area contributed by atoms with Crippen molar-refractivity contribution in [2.75, 3.05) is 26.3 Å². The Kier molecular flexibility index (Phi) is 9.11. The third-order valence-corrected chi connectivity index (χ3v) is 9.73. The van der Waals surface area contributed by atoms with Crippen LogP contribution in [0.25, 0.3) is 10.8 Å². The molecule has 1 aliphatic carbocycles. The summed E-state index contributed by atoms with van der Waals surface area (Å²) in [5, 5.41) is 2.23. The molecule has 0 aromatic heterocycles. The van der Waals surface area contributed by atoms with Crippen molar-refractivity contribution in [3.8, 4) is 5.75 Å². The van der Waals surface area contributed by atoms with Crippen LogP contribution in [0.2, 0.25) is 25.7 Å². The van der Waals surface area contributed by atoms with Gasteiger partial charge in [-0.05, 0) is 65.6 Å². The normalized spacial score (nSPS) is 19.6. The molecule has 0 N–H and O–H groups in total. The van der Waals surface area contributed by atoms with E-state index in [0.717, 1.165) is 59.1 Å². The number of halogens is 1. The number of rotatable bonds is 11. The minimum Gasteiger partial charge on any atom is -0.493 e. The molecule has 40 heavy (non-hydrogen) atoms. The molecule has 2 fully saturated rings. The number of likely N-dealkylation sites (tertiary alicyclic amines) is 1. The van der Waals surface area contributed by atoms with Crippen molar-refractivity contribution < 1.29 is 23.4 Å². The van der Waals surface area contributed by atoms with Crippen molar-refractivity contribution in [3.05, 3.63) is 77.6 Å². The second-order valence-electron chi connectivity index (χ2n) is 12.6. The molecule has 1 aliphatic heterocycles. The summed E-state index contributed by atoms with van der Waals surface area (Å²) >= 11 is 0. The maximum Gasteiger partial charge on any atom is 0.409 e. The zero-order valence-corrected chi connectivity index (χ0v) is 25.0. The Bertz CT molecular complexity index is 1290. The third kappa shape index (κ3) is 7.85. The lowest BCUT2D eigenvalue weighted by molar-refractivity contribution is -0.0234. The highest BCUT2D eigenvalue weighted by Crippen LogP contribution is 2.35. The lowest BCUT2D eigenvalue weighted by atomic mass is 9.87. The topological polar surface area (TPSA) is 48.0 Å². The van der Waals surface area contributed by atoms with E-state index in [1.54, 1.807) is 4.90 Å². The van der Waals surface area contributed by atoms with Crippen molar-refractivity contribution in [2.45, 2.75) is 70.0 Å². The molecule has 0 bridgehead atoms. The second kappa shape index (κ2) is 12.7. The fourth-order valence-corrected chi connectivity index (χ4v) is 6.08.